The highest BCUT2D eigenvalue weighted by atomic mass is 16.6. The minimum atomic E-state index is -0.745. The molecule has 1 atom stereocenters. The van der Waals surface area contributed by atoms with Crippen molar-refractivity contribution in [2.24, 2.45) is 5.73 Å². The second-order valence-electron chi connectivity index (χ2n) is 5.12. The summed E-state index contributed by atoms with van der Waals surface area (Å²) in [7, 11) is 0. The third-order valence-corrected chi connectivity index (χ3v) is 3.64. The molecule has 0 saturated carbocycles. The third-order valence-electron chi connectivity index (χ3n) is 3.64. The molecule has 3 rings (SSSR count). The molecule has 2 N–H and O–H groups in total. The van der Waals surface area contributed by atoms with Crippen LogP contribution in [0.1, 0.15) is 12.8 Å². The Bertz CT molecular complexity index is 526. The van der Waals surface area contributed by atoms with E-state index in [0.29, 0.717) is 19.8 Å². The summed E-state index contributed by atoms with van der Waals surface area (Å²) < 4.78 is 11.1. The molecule has 1 saturated heterocycles. The maximum atomic E-state index is 9.16. The van der Waals surface area contributed by atoms with Crippen LogP contribution in [0.4, 0.5) is 5.69 Å². The van der Waals surface area contributed by atoms with Crippen molar-refractivity contribution in [1.29, 1.82) is 5.26 Å². The number of nitriles is 1. The first-order valence-electron chi connectivity index (χ1n) is 6.55. The molecule has 0 radical (unpaired) electrons. The van der Waals surface area contributed by atoms with E-state index in [4.69, 9.17) is 20.5 Å². The fraction of sp³-hybridized carbons (Fsp3) is 0.500. The Morgan fingerprint density at radius 3 is 2.84 bits per heavy atom. The molecule has 0 aliphatic carbocycles. The number of hydrogen-bond acceptors (Lipinski definition) is 5. The quantitative estimate of drug-likeness (QED) is 0.822. The molecule has 0 spiro atoms. The first-order chi connectivity index (χ1) is 9.20. The van der Waals surface area contributed by atoms with Gasteiger partial charge in [-0.25, -0.2) is 0 Å². The number of piperidine rings is 1. The van der Waals surface area contributed by atoms with Gasteiger partial charge >= 0.3 is 0 Å². The monoisotopic (exact) mass is 259 g/mol. The molecule has 19 heavy (non-hydrogen) atoms. The Hall–Kier alpha value is -1.93. The summed E-state index contributed by atoms with van der Waals surface area (Å²) in [6.45, 7) is 2.65. The molecule has 1 aromatic rings. The predicted octanol–water partition coefficient (Wildman–Crippen LogP) is 1.28. The number of fused-ring (bicyclic) bond motifs is 1. The minimum Gasteiger partial charge on any atom is -0.486 e. The minimum absolute atomic E-state index is 0.559. The van der Waals surface area contributed by atoms with E-state index in [-0.39, 0.29) is 0 Å². The van der Waals surface area contributed by atoms with Gasteiger partial charge in [-0.15, -0.1) is 0 Å². The molecule has 100 valence electrons. The van der Waals surface area contributed by atoms with Gasteiger partial charge in [0.25, 0.3) is 0 Å². The van der Waals surface area contributed by atoms with E-state index >= 15 is 0 Å². The standard InChI is InChI=1S/C14H17N3O2/c15-9-14(16)4-1-5-17(10-14)11-2-3-12-13(8-11)19-7-6-18-12/h2-3,8H,1,4-7,10,16H2. The number of anilines is 1. The molecule has 1 fully saturated rings. The molecular weight excluding hydrogens is 242 g/mol. The summed E-state index contributed by atoms with van der Waals surface area (Å²) in [4.78, 5) is 2.14. The van der Waals surface area contributed by atoms with Crippen LogP contribution in [0.2, 0.25) is 0 Å². The number of ether oxygens (including phenoxy) is 2. The molecule has 0 aromatic heterocycles. The lowest BCUT2D eigenvalue weighted by Crippen LogP contribution is -2.53. The van der Waals surface area contributed by atoms with Crippen molar-refractivity contribution in [2.45, 2.75) is 18.4 Å². The smallest absolute Gasteiger partial charge is 0.163 e. The van der Waals surface area contributed by atoms with E-state index in [1.807, 2.05) is 18.2 Å². The fourth-order valence-electron chi connectivity index (χ4n) is 2.62. The molecule has 0 bridgehead atoms. The largest absolute Gasteiger partial charge is 0.486 e. The SMILES string of the molecule is N#CC1(N)CCCN(c2ccc3c(c2)OCCO3)C1. The first kappa shape index (κ1) is 12.1. The molecule has 1 unspecified atom stereocenters. The van der Waals surface area contributed by atoms with Crippen LogP contribution in [-0.2, 0) is 0 Å². The van der Waals surface area contributed by atoms with Gasteiger partial charge in [0.1, 0.15) is 18.8 Å². The zero-order chi connectivity index (χ0) is 13.3. The Labute approximate surface area is 112 Å². The summed E-state index contributed by atoms with van der Waals surface area (Å²) in [5.74, 6) is 1.56. The molecule has 2 aliphatic rings. The van der Waals surface area contributed by atoms with Crippen LogP contribution in [0.5, 0.6) is 11.5 Å². The van der Waals surface area contributed by atoms with Gasteiger partial charge in [0, 0.05) is 24.8 Å². The lowest BCUT2D eigenvalue weighted by Gasteiger charge is -2.37. The van der Waals surface area contributed by atoms with Gasteiger partial charge in [0.05, 0.1) is 6.07 Å². The Morgan fingerprint density at radius 2 is 2.05 bits per heavy atom. The Balaban J connectivity index is 1.84. The molecule has 5 heteroatoms. The van der Waals surface area contributed by atoms with Gasteiger partial charge in [-0.1, -0.05) is 0 Å². The van der Waals surface area contributed by atoms with Gasteiger partial charge in [0.15, 0.2) is 11.5 Å². The van der Waals surface area contributed by atoms with E-state index in [0.717, 1.165) is 36.6 Å². The summed E-state index contributed by atoms with van der Waals surface area (Å²) in [5.41, 5.74) is 6.36. The maximum Gasteiger partial charge on any atom is 0.163 e. The molecular formula is C14H17N3O2. The second-order valence-corrected chi connectivity index (χ2v) is 5.12. The lowest BCUT2D eigenvalue weighted by molar-refractivity contribution is 0.171. The zero-order valence-corrected chi connectivity index (χ0v) is 10.8. The summed E-state index contributed by atoms with van der Waals surface area (Å²) in [6.07, 6.45) is 1.68. The first-order valence-corrected chi connectivity index (χ1v) is 6.55. The van der Waals surface area contributed by atoms with Crippen molar-refractivity contribution in [3.8, 4) is 17.6 Å². The number of nitrogens with zero attached hydrogens (tertiary/aromatic N) is 2. The predicted molar refractivity (Wildman–Crippen MR) is 71.4 cm³/mol. The summed E-state index contributed by atoms with van der Waals surface area (Å²) >= 11 is 0. The number of nitrogens with two attached hydrogens (primary N) is 1. The maximum absolute atomic E-state index is 9.16. The van der Waals surface area contributed by atoms with Crippen molar-refractivity contribution in [2.75, 3.05) is 31.2 Å². The average Bonchev–Trinajstić information content (AvgIpc) is 2.47. The fourth-order valence-corrected chi connectivity index (χ4v) is 2.62. The van der Waals surface area contributed by atoms with Gasteiger partial charge in [-0.05, 0) is 25.0 Å². The number of hydrogen-bond donors (Lipinski definition) is 1. The molecule has 1 aromatic carbocycles. The molecule has 2 heterocycles. The normalized spacial score (nSPS) is 25.8. The van der Waals surface area contributed by atoms with E-state index in [9.17, 15) is 0 Å². The van der Waals surface area contributed by atoms with Crippen molar-refractivity contribution in [3.63, 3.8) is 0 Å². The molecule has 2 aliphatic heterocycles. The van der Waals surface area contributed by atoms with Crippen molar-refractivity contribution < 1.29 is 9.47 Å². The van der Waals surface area contributed by atoms with E-state index in [1.54, 1.807) is 0 Å². The van der Waals surface area contributed by atoms with E-state index in [1.165, 1.54) is 0 Å². The number of benzene rings is 1. The Morgan fingerprint density at radius 1 is 1.26 bits per heavy atom. The van der Waals surface area contributed by atoms with Gasteiger partial charge < -0.3 is 20.1 Å². The van der Waals surface area contributed by atoms with Gasteiger partial charge in [0.2, 0.25) is 0 Å². The van der Waals surface area contributed by atoms with Crippen LogP contribution < -0.4 is 20.1 Å². The van der Waals surface area contributed by atoms with Gasteiger partial charge in [-0.3, -0.25) is 0 Å². The third kappa shape index (κ3) is 2.32. The second kappa shape index (κ2) is 4.63. The Kier molecular flexibility index (Phi) is 2.96. The zero-order valence-electron chi connectivity index (χ0n) is 10.8. The van der Waals surface area contributed by atoms with Crippen molar-refractivity contribution in [3.05, 3.63) is 18.2 Å². The highest BCUT2D eigenvalue weighted by molar-refractivity contribution is 5.57. The van der Waals surface area contributed by atoms with Crippen LogP contribution in [-0.4, -0.2) is 31.8 Å². The highest BCUT2D eigenvalue weighted by Gasteiger charge is 2.32. The molecule has 5 nitrogen and oxygen atoms in total. The van der Waals surface area contributed by atoms with Crippen LogP contribution in [0.15, 0.2) is 18.2 Å². The van der Waals surface area contributed by atoms with Gasteiger partial charge in [-0.2, -0.15) is 5.26 Å². The van der Waals surface area contributed by atoms with Crippen LogP contribution in [0, 0.1) is 11.3 Å². The van der Waals surface area contributed by atoms with Crippen LogP contribution in [0.3, 0.4) is 0 Å². The summed E-state index contributed by atoms with van der Waals surface area (Å²) in [5, 5.41) is 9.16. The lowest BCUT2D eigenvalue weighted by atomic mass is 9.91. The van der Waals surface area contributed by atoms with Crippen LogP contribution >= 0.6 is 0 Å². The van der Waals surface area contributed by atoms with Crippen LogP contribution in [0.25, 0.3) is 0 Å². The van der Waals surface area contributed by atoms with Crippen molar-refractivity contribution >= 4 is 5.69 Å². The topological polar surface area (TPSA) is 71.5 Å². The molecule has 0 amide bonds. The van der Waals surface area contributed by atoms with E-state index in [2.05, 4.69) is 11.0 Å². The average molecular weight is 259 g/mol. The summed E-state index contributed by atoms with van der Waals surface area (Å²) in [6, 6.07) is 8.11. The van der Waals surface area contributed by atoms with Crippen molar-refractivity contribution in [1.82, 2.24) is 0 Å². The van der Waals surface area contributed by atoms with E-state index < -0.39 is 5.54 Å². The highest BCUT2D eigenvalue weighted by Crippen LogP contribution is 2.35. The number of rotatable bonds is 1.